The summed E-state index contributed by atoms with van der Waals surface area (Å²) in [6, 6.07) is 1.79. The van der Waals surface area contributed by atoms with Crippen LogP contribution in [0.3, 0.4) is 0 Å². The van der Waals surface area contributed by atoms with Crippen LogP contribution < -0.4 is 5.69 Å². The monoisotopic (exact) mass is 234 g/mol. The van der Waals surface area contributed by atoms with Gasteiger partial charge in [-0.05, 0) is 31.7 Å². The van der Waals surface area contributed by atoms with Crippen molar-refractivity contribution >= 4 is 0 Å². The highest BCUT2D eigenvalue weighted by Gasteiger charge is 2.42. The van der Waals surface area contributed by atoms with Crippen molar-refractivity contribution in [2.45, 2.75) is 56.8 Å². The van der Waals surface area contributed by atoms with Gasteiger partial charge in [-0.25, -0.2) is 9.78 Å². The van der Waals surface area contributed by atoms with Gasteiger partial charge in [0.2, 0.25) is 0 Å². The second kappa shape index (κ2) is 4.26. The zero-order chi connectivity index (χ0) is 11.7. The molecule has 0 radical (unpaired) electrons. The number of nitrogens with zero attached hydrogens (tertiary/aromatic N) is 2. The zero-order valence-electron chi connectivity index (χ0n) is 9.97. The highest BCUT2D eigenvalue weighted by Crippen LogP contribution is 2.43. The third kappa shape index (κ3) is 2.14. The molecule has 0 N–H and O–H groups in total. The van der Waals surface area contributed by atoms with Crippen molar-refractivity contribution in [3.05, 3.63) is 28.9 Å². The van der Waals surface area contributed by atoms with Gasteiger partial charge in [0.15, 0.2) is 0 Å². The molecule has 92 valence electrons. The summed E-state index contributed by atoms with van der Waals surface area (Å²) in [6.07, 6.45) is 10.7. The highest BCUT2D eigenvalue weighted by atomic mass is 16.5. The molecule has 0 bridgehead atoms. The Balaban J connectivity index is 1.68. The van der Waals surface area contributed by atoms with Crippen molar-refractivity contribution in [1.29, 1.82) is 0 Å². The lowest BCUT2D eigenvalue weighted by Crippen LogP contribution is -2.30. The van der Waals surface area contributed by atoms with E-state index in [-0.39, 0.29) is 17.4 Å². The van der Waals surface area contributed by atoms with Gasteiger partial charge < -0.3 is 4.74 Å². The molecule has 2 aliphatic rings. The van der Waals surface area contributed by atoms with Gasteiger partial charge in [0.1, 0.15) is 0 Å². The molecule has 3 rings (SSSR count). The SMILES string of the molecule is O=c1ncccn1CC1CCC2(CCCC2)O1. The van der Waals surface area contributed by atoms with Crippen LogP contribution in [0.25, 0.3) is 0 Å². The van der Waals surface area contributed by atoms with Gasteiger partial charge in [-0.1, -0.05) is 12.8 Å². The van der Waals surface area contributed by atoms with E-state index >= 15 is 0 Å². The maximum absolute atomic E-state index is 11.5. The lowest BCUT2D eigenvalue weighted by atomic mass is 9.98. The topological polar surface area (TPSA) is 44.1 Å². The van der Waals surface area contributed by atoms with Gasteiger partial charge >= 0.3 is 5.69 Å². The van der Waals surface area contributed by atoms with E-state index in [1.807, 2.05) is 0 Å². The van der Waals surface area contributed by atoms with Crippen molar-refractivity contribution in [3.63, 3.8) is 0 Å². The minimum atomic E-state index is -0.177. The fourth-order valence-electron chi connectivity index (χ4n) is 3.16. The predicted molar refractivity (Wildman–Crippen MR) is 63.8 cm³/mol. The first-order valence-electron chi connectivity index (χ1n) is 6.47. The van der Waals surface area contributed by atoms with E-state index in [0.29, 0.717) is 6.54 Å². The summed E-state index contributed by atoms with van der Waals surface area (Å²) in [5, 5.41) is 0. The molecule has 17 heavy (non-hydrogen) atoms. The van der Waals surface area contributed by atoms with Gasteiger partial charge in [0.25, 0.3) is 0 Å². The van der Waals surface area contributed by atoms with Crippen molar-refractivity contribution in [1.82, 2.24) is 9.55 Å². The number of ether oxygens (including phenoxy) is 1. The summed E-state index contributed by atoms with van der Waals surface area (Å²) in [5.74, 6) is 0. The Morgan fingerprint density at radius 1 is 1.41 bits per heavy atom. The van der Waals surface area contributed by atoms with Crippen LogP contribution >= 0.6 is 0 Å². The molecule has 4 heteroatoms. The summed E-state index contributed by atoms with van der Waals surface area (Å²) in [6.45, 7) is 0.647. The quantitative estimate of drug-likeness (QED) is 0.782. The zero-order valence-corrected chi connectivity index (χ0v) is 9.97. The summed E-state index contributed by atoms with van der Waals surface area (Å²) < 4.78 is 7.83. The van der Waals surface area contributed by atoms with E-state index in [2.05, 4.69) is 4.98 Å². The summed E-state index contributed by atoms with van der Waals surface area (Å²) >= 11 is 0. The highest BCUT2D eigenvalue weighted by molar-refractivity contribution is 4.93. The molecule has 1 saturated heterocycles. The second-order valence-electron chi connectivity index (χ2n) is 5.22. The summed E-state index contributed by atoms with van der Waals surface area (Å²) in [7, 11) is 0. The first-order chi connectivity index (χ1) is 8.27. The molecule has 1 unspecified atom stereocenters. The Morgan fingerprint density at radius 2 is 2.24 bits per heavy atom. The molecule has 4 nitrogen and oxygen atoms in total. The summed E-state index contributed by atoms with van der Waals surface area (Å²) in [5.41, 5.74) is -0.0281. The smallest absolute Gasteiger partial charge is 0.347 e. The van der Waals surface area contributed by atoms with Crippen LogP contribution in [-0.4, -0.2) is 21.3 Å². The molecule has 1 spiro atoms. The maximum Gasteiger partial charge on any atom is 0.347 e. The number of aromatic nitrogens is 2. The molecule has 0 aromatic carbocycles. The fraction of sp³-hybridized carbons (Fsp3) is 0.692. The van der Waals surface area contributed by atoms with Crippen molar-refractivity contribution in [3.8, 4) is 0 Å². The van der Waals surface area contributed by atoms with E-state index in [4.69, 9.17) is 4.74 Å². The summed E-state index contributed by atoms with van der Waals surface area (Å²) in [4.78, 5) is 15.3. The Kier molecular flexibility index (Phi) is 2.74. The van der Waals surface area contributed by atoms with Crippen LogP contribution in [0.15, 0.2) is 23.3 Å². The van der Waals surface area contributed by atoms with E-state index in [0.717, 1.165) is 12.8 Å². The van der Waals surface area contributed by atoms with E-state index in [1.165, 1.54) is 31.9 Å². The molecule has 2 fully saturated rings. The number of rotatable bonds is 2. The Hall–Kier alpha value is -1.16. The number of hydrogen-bond acceptors (Lipinski definition) is 3. The van der Waals surface area contributed by atoms with Crippen LogP contribution in [0.5, 0.6) is 0 Å². The van der Waals surface area contributed by atoms with Crippen LogP contribution in [0.1, 0.15) is 38.5 Å². The lowest BCUT2D eigenvalue weighted by Gasteiger charge is -2.23. The predicted octanol–water partition coefficient (Wildman–Crippen LogP) is 1.74. The van der Waals surface area contributed by atoms with Gasteiger partial charge in [-0.2, -0.15) is 0 Å². The Labute approximate surface area is 101 Å². The second-order valence-corrected chi connectivity index (χ2v) is 5.22. The Morgan fingerprint density at radius 3 is 3.00 bits per heavy atom. The molecular weight excluding hydrogens is 216 g/mol. The van der Waals surface area contributed by atoms with Crippen LogP contribution in [0.2, 0.25) is 0 Å². The molecule has 1 aliphatic heterocycles. The minimum absolute atomic E-state index is 0.149. The Bertz CT molecular complexity index is 449. The van der Waals surface area contributed by atoms with Crippen molar-refractivity contribution < 1.29 is 4.74 Å². The molecule has 1 aromatic rings. The third-order valence-corrected chi connectivity index (χ3v) is 4.04. The first kappa shape index (κ1) is 11.0. The molecule has 1 atom stereocenters. The third-order valence-electron chi connectivity index (χ3n) is 4.04. The molecule has 1 aliphatic carbocycles. The first-order valence-corrected chi connectivity index (χ1v) is 6.47. The minimum Gasteiger partial charge on any atom is -0.370 e. The van der Waals surface area contributed by atoms with E-state index in [1.54, 1.807) is 16.8 Å². The van der Waals surface area contributed by atoms with E-state index < -0.39 is 0 Å². The van der Waals surface area contributed by atoms with Crippen LogP contribution in [0, 0.1) is 0 Å². The van der Waals surface area contributed by atoms with Crippen molar-refractivity contribution in [2.24, 2.45) is 0 Å². The fourth-order valence-corrected chi connectivity index (χ4v) is 3.16. The largest absolute Gasteiger partial charge is 0.370 e. The van der Waals surface area contributed by atoms with Crippen LogP contribution in [-0.2, 0) is 11.3 Å². The average Bonchev–Trinajstić information content (AvgIpc) is 2.94. The lowest BCUT2D eigenvalue weighted by molar-refractivity contribution is -0.0422. The number of hydrogen-bond donors (Lipinski definition) is 0. The average molecular weight is 234 g/mol. The molecular formula is C13H18N2O2. The van der Waals surface area contributed by atoms with Gasteiger partial charge in [-0.3, -0.25) is 4.57 Å². The van der Waals surface area contributed by atoms with Gasteiger partial charge in [0.05, 0.1) is 18.2 Å². The molecule has 2 heterocycles. The van der Waals surface area contributed by atoms with Gasteiger partial charge in [0, 0.05) is 12.4 Å². The van der Waals surface area contributed by atoms with Gasteiger partial charge in [-0.15, -0.1) is 0 Å². The maximum atomic E-state index is 11.5. The standard InChI is InChI=1S/C13H18N2O2/c16-12-14-8-3-9-15(12)10-11-4-7-13(17-11)5-1-2-6-13/h3,8-9,11H,1-2,4-7,10H2. The van der Waals surface area contributed by atoms with Crippen LogP contribution in [0.4, 0.5) is 0 Å². The molecule has 1 saturated carbocycles. The molecule has 1 aromatic heterocycles. The normalized spacial score (nSPS) is 26.7. The van der Waals surface area contributed by atoms with E-state index in [9.17, 15) is 4.79 Å². The van der Waals surface area contributed by atoms with Crippen molar-refractivity contribution in [2.75, 3.05) is 0 Å². The molecule has 0 amide bonds.